The molecule has 0 atom stereocenters. The van der Waals surface area contributed by atoms with E-state index in [0.717, 1.165) is 40.0 Å². The van der Waals surface area contributed by atoms with Crippen molar-refractivity contribution in [2.24, 2.45) is 0 Å². The van der Waals surface area contributed by atoms with Crippen LogP contribution in [0.1, 0.15) is 5.56 Å². The van der Waals surface area contributed by atoms with E-state index in [-0.39, 0.29) is 5.75 Å². The molecule has 2 N–H and O–H groups in total. The van der Waals surface area contributed by atoms with Gasteiger partial charge in [-0.2, -0.15) is 0 Å². The summed E-state index contributed by atoms with van der Waals surface area (Å²) in [5, 5.41) is 11.6. The Morgan fingerprint density at radius 1 is 1.19 bits per heavy atom. The van der Waals surface area contributed by atoms with E-state index in [0.29, 0.717) is 11.4 Å². The molecular weight excluding hydrogens is 358 g/mol. The van der Waals surface area contributed by atoms with Crippen molar-refractivity contribution in [3.63, 3.8) is 0 Å². The van der Waals surface area contributed by atoms with Crippen molar-refractivity contribution >= 4 is 23.1 Å². The number of aryl methyl sites for hydroxylation is 1. The summed E-state index contributed by atoms with van der Waals surface area (Å²) >= 11 is 5.56. The van der Waals surface area contributed by atoms with Gasteiger partial charge in [-0.15, -0.1) is 0 Å². The maximum absolute atomic E-state index is 10.5. The molecule has 138 valence electrons. The Morgan fingerprint density at radius 3 is 2.81 bits per heavy atom. The molecule has 27 heavy (non-hydrogen) atoms. The maximum Gasteiger partial charge on any atom is 0.182 e. The first-order valence-corrected chi connectivity index (χ1v) is 9.18. The minimum atomic E-state index is 0.239. The van der Waals surface area contributed by atoms with Crippen LogP contribution >= 0.6 is 12.2 Å². The second-order valence-electron chi connectivity index (χ2n) is 6.55. The van der Waals surface area contributed by atoms with E-state index in [9.17, 15) is 5.11 Å². The van der Waals surface area contributed by atoms with E-state index >= 15 is 0 Å². The summed E-state index contributed by atoms with van der Waals surface area (Å²) in [5.41, 5.74) is 4.67. The number of phenolic OH excluding ortho intramolecular Hbond substituents is 1. The highest BCUT2D eigenvalue weighted by Crippen LogP contribution is 2.34. The van der Waals surface area contributed by atoms with Crippen molar-refractivity contribution in [3.8, 4) is 22.7 Å². The number of benzene rings is 2. The third-order valence-corrected chi connectivity index (χ3v) is 5.07. The normalized spacial score (nSPS) is 11.3. The van der Waals surface area contributed by atoms with E-state index in [1.54, 1.807) is 13.2 Å². The second kappa shape index (κ2) is 7.06. The fraction of sp³-hybridized carbons (Fsp3) is 0.190. The molecule has 2 aromatic carbocycles. The molecule has 0 aliphatic rings. The summed E-state index contributed by atoms with van der Waals surface area (Å²) < 4.78 is 9.94. The van der Waals surface area contributed by atoms with Crippen LogP contribution in [0, 0.1) is 11.7 Å². The Hall–Kier alpha value is -2.83. The van der Waals surface area contributed by atoms with Gasteiger partial charge in [-0.1, -0.05) is 12.1 Å². The van der Waals surface area contributed by atoms with Crippen molar-refractivity contribution in [3.05, 3.63) is 65.2 Å². The average molecular weight is 379 g/mol. The fourth-order valence-electron chi connectivity index (χ4n) is 3.45. The zero-order valence-electron chi connectivity index (χ0n) is 15.3. The summed E-state index contributed by atoms with van der Waals surface area (Å²) in [6.07, 6.45) is 3.90. The van der Waals surface area contributed by atoms with Crippen molar-refractivity contribution in [2.45, 2.75) is 13.5 Å². The number of hydrogen-bond donors (Lipinski definition) is 2. The quantitative estimate of drug-likeness (QED) is 0.489. The SMILES string of the molecule is COCCn1ccc2c(-n3c(-c4ccc(C)cc4O)c[nH]c3=S)cccc21. The Balaban J connectivity index is 1.91. The van der Waals surface area contributed by atoms with Gasteiger partial charge in [0.2, 0.25) is 0 Å². The molecule has 5 nitrogen and oxygen atoms in total. The molecule has 4 rings (SSSR count). The molecular formula is C21H21N3O2S. The zero-order valence-corrected chi connectivity index (χ0v) is 16.1. The summed E-state index contributed by atoms with van der Waals surface area (Å²) in [7, 11) is 1.70. The smallest absolute Gasteiger partial charge is 0.182 e. The molecule has 0 amide bonds. The number of hydrogen-bond acceptors (Lipinski definition) is 3. The number of aromatic amines is 1. The summed E-state index contributed by atoms with van der Waals surface area (Å²) in [6, 6.07) is 13.9. The first-order valence-electron chi connectivity index (χ1n) is 8.77. The van der Waals surface area contributed by atoms with Crippen molar-refractivity contribution in [1.29, 1.82) is 0 Å². The number of nitrogens with one attached hydrogen (secondary N) is 1. The minimum absolute atomic E-state index is 0.239. The van der Waals surface area contributed by atoms with Gasteiger partial charge in [-0.25, -0.2) is 0 Å². The molecule has 2 heterocycles. The number of rotatable bonds is 5. The van der Waals surface area contributed by atoms with Crippen LogP contribution in [0.5, 0.6) is 5.75 Å². The minimum Gasteiger partial charge on any atom is -0.507 e. The molecule has 0 saturated carbocycles. The zero-order chi connectivity index (χ0) is 19.0. The van der Waals surface area contributed by atoms with E-state index in [1.165, 1.54) is 0 Å². The summed E-state index contributed by atoms with van der Waals surface area (Å²) in [5.74, 6) is 0.239. The molecule has 0 spiro atoms. The lowest BCUT2D eigenvalue weighted by Gasteiger charge is -2.12. The number of aromatic hydroxyl groups is 1. The van der Waals surface area contributed by atoms with E-state index in [2.05, 4.69) is 27.9 Å². The van der Waals surface area contributed by atoms with Crippen LogP contribution in [0.25, 0.3) is 27.8 Å². The van der Waals surface area contributed by atoms with Crippen molar-refractivity contribution < 1.29 is 9.84 Å². The fourth-order valence-corrected chi connectivity index (χ4v) is 3.71. The monoisotopic (exact) mass is 379 g/mol. The van der Waals surface area contributed by atoms with Gasteiger partial charge in [0.15, 0.2) is 4.77 Å². The van der Waals surface area contributed by atoms with Crippen molar-refractivity contribution in [1.82, 2.24) is 14.1 Å². The lowest BCUT2D eigenvalue weighted by molar-refractivity contribution is 0.188. The summed E-state index contributed by atoms with van der Waals surface area (Å²) in [4.78, 5) is 3.12. The Morgan fingerprint density at radius 2 is 2.04 bits per heavy atom. The Kier molecular flexibility index (Phi) is 4.59. The molecule has 0 saturated heterocycles. The van der Waals surface area contributed by atoms with Crippen LogP contribution in [-0.4, -0.2) is 32.9 Å². The highest BCUT2D eigenvalue weighted by atomic mass is 32.1. The van der Waals surface area contributed by atoms with E-state index in [1.807, 2.05) is 42.0 Å². The number of phenols is 1. The second-order valence-corrected chi connectivity index (χ2v) is 6.93. The standard InChI is InChI=1S/C21H21N3O2S/c1-14-6-7-16(20(25)12-14)19-13-22-21(27)24(19)18-5-3-4-17-15(18)8-9-23(17)10-11-26-2/h3-9,12-13,25H,10-11H2,1-2H3,(H,22,27). The third kappa shape index (κ3) is 3.07. The lowest BCUT2D eigenvalue weighted by atomic mass is 10.1. The van der Waals surface area contributed by atoms with Crippen molar-refractivity contribution in [2.75, 3.05) is 13.7 Å². The predicted molar refractivity (Wildman–Crippen MR) is 110 cm³/mol. The number of ether oxygens (including phenoxy) is 1. The predicted octanol–water partition coefficient (Wildman–Crippen LogP) is 4.82. The first-order chi connectivity index (χ1) is 13.1. The van der Waals surface area contributed by atoms with Crippen LogP contribution in [0.15, 0.2) is 54.9 Å². The maximum atomic E-state index is 10.5. The number of imidazole rings is 1. The number of nitrogens with zero attached hydrogens (tertiary/aromatic N) is 2. The van der Waals surface area contributed by atoms with Gasteiger partial charge in [0.05, 0.1) is 23.5 Å². The van der Waals surface area contributed by atoms with Gasteiger partial charge in [0, 0.05) is 37.0 Å². The Bertz CT molecular complexity index is 1170. The molecule has 0 aliphatic heterocycles. The number of H-pyrrole nitrogens is 1. The lowest BCUT2D eigenvalue weighted by Crippen LogP contribution is -2.03. The van der Waals surface area contributed by atoms with Gasteiger partial charge in [-0.3, -0.25) is 4.57 Å². The molecule has 0 fully saturated rings. The third-order valence-electron chi connectivity index (χ3n) is 4.77. The van der Waals surface area contributed by atoms with Gasteiger partial charge >= 0.3 is 0 Å². The number of fused-ring (bicyclic) bond motifs is 1. The van der Waals surface area contributed by atoms with Gasteiger partial charge < -0.3 is 19.4 Å². The molecule has 4 aromatic rings. The molecule has 0 aliphatic carbocycles. The van der Waals surface area contributed by atoms with Crippen LogP contribution in [-0.2, 0) is 11.3 Å². The van der Waals surface area contributed by atoms with Crippen LogP contribution in [0.2, 0.25) is 0 Å². The Labute approximate surface area is 162 Å². The van der Waals surface area contributed by atoms with Crippen LogP contribution in [0.3, 0.4) is 0 Å². The highest BCUT2D eigenvalue weighted by molar-refractivity contribution is 7.71. The first kappa shape index (κ1) is 17.6. The number of aromatic nitrogens is 3. The molecule has 0 bridgehead atoms. The summed E-state index contributed by atoms with van der Waals surface area (Å²) in [6.45, 7) is 3.39. The van der Waals surface area contributed by atoms with Crippen LogP contribution in [0.4, 0.5) is 0 Å². The van der Waals surface area contributed by atoms with E-state index < -0.39 is 0 Å². The average Bonchev–Trinajstić information content (AvgIpc) is 3.23. The van der Waals surface area contributed by atoms with E-state index in [4.69, 9.17) is 17.0 Å². The molecule has 0 unspecified atom stereocenters. The molecule has 6 heteroatoms. The van der Waals surface area contributed by atoms with Gasteiger partial charge in [0.25, 0.3) is 0 Å². The van der Waals surface area contributed by atoms with Gasteiger partial charge in [-0.05, 0) is 55.0 Å². The highest BCUT2D eigenvalue weighted by Gasteiger charge is 2.15. The van der Waals surface area contributed by atoms with Crippen LogP contribution < -0.4 is 0 Å². The topological polar surface area (TPSA) is 55.1 Å². The number of methoxy groups -OCH3 is 1. The molecule has 0 radical (unpaired) electrons. The van der Waals surface area contributed by atoms with Gasteiger partial charge in [0.1, 0.15) is 5.75 Å². The molecule has 2 aromatic heterocycles. The largest absolute Gasteiger partial charge is 0.507 e.